The zero-order valence-corrected chi connectivity index (χ0v) is 13.3. The fourth-order valence-electron chi connectivity index (χ4n) is 1.73. The van der Waals surface area contributed by atoms with Crippen LogP contribution < -0.4 is 10.1 Å². The van der Waals surface area contributed by atoms with Gasteiger partial charge < -0.3 is 15.2 Å². The number of methoxy groups -OCH3 is 1. The minimum Gasteiger partial charge on any atom is -0.497 e. The number of rotatable bonds is 6. The van der Waals surface area contributed by atoms with Crippen LogP contribution in [0.4, 0.5) is 5.69 Å². The fraction of sp³-hybridized carbons (Fsp3) is 0.214. The average Bonchev–Trinajstić information content (AvgIpc) is 2.82. The zero-order chi connectivity index (χ0) is 14.5. The highest BCUT2D eigenvalue weighted by Gasteiger charge is 2.05. The van der Waals surface area contributed by atoms with Crippen molar-refractivity contribution in [2.45, 2.75) is 13.0 Å². The van der Waals surface area contributed by atoms with E-state index in [9.17, 15) is 4.79 Å². The van der Waals surface area contributed by atoms with Gasteiger partial charge in [-0.25, -0.2) is 0 Å². The summed E-state index contributed by atoms with van der Waals surface area (Å²) in [7, 11) is 1.63. The van der Waals surface area contributed by atoms with Crippen LogP contribution in [-0.2, 0) is 17.8 Å². The van der Waals surface area contributed by atoms with Crippen LogP contribution in [0.25, 0.3) is 0 Å². The van der Waals surface area contributed by atoms with E-state index in [1.807, 2.05) is 30.3 Å². The first-order chi connectivity index (χ1) is 9.56. The van der Waals surface area contributed by atoms with Crippen LogP contribution in [0.1, 0.15) is 9.75 Å². The predicted molar refractivity (Wildman–Crippen MR) is 83.7 cm³/mol. The highest BCUT2D eigenvalue weighted by molar-refractivity contribution is 9.10. The lowest BCUT2D eigenvalue weighted by Crippen LogP contribution is -1.98. The molecule has 0 radical (unpaired) electrons. The van der Waals surface area contributed by atoms with Crippen molar-refractivity contribution in [1.82, 2.24) is 0 Å². The molecule has 0 unspecified atom stereocenters. The largest absolute Gasteiger partial charge is 0.497 e. The molecule has 1 heterocycles. The van der Waals surface area contributed by atoms with E-state index in [4.69, 9.17) is 9.84 Å². The summed E-state index contributed by atoms with van der Waals surface area (Å²) in [6.07, 6.45) is 0.0787. The molecule has 20 heavy (non-hydrogen) atoms. The van der Waals surface area contributed by atoms with Crippen molar-refractivity contribution >= 4 is 38.9 Å². The summed E-state index contributed by atoms with van der Waals surface area (Å²) in [5.74, 6) is -0.0253. The van der Waals surface area contributed by atoms with Gasteiger partial charge in [-0.15, -0.1) is 11.3 Å². The van der Waals surface area contributed by atoms with E-state index >= 15 is 0 Å². The summed E-state index contributed by atoms with van der Waals surface area (Å²) in [6, 6.07) is 9.58. The Labute approximate surface area is 129 Å². The molecule has 0 bridgehead atoms. The van der Waals surface area contributed by atoms with E-state index < -0.39 is 5.97 Å². The van der Waals surface area contributed by atoms with E-state index in [1.54, 1.807) is 7.11 Å². The summed E-state index contributed by atoms with van der Waals surface area (Å²) in [5, 5.41) is 12.0. The van der Waals surface area contributed by atoms with Crippen LogP contribution in [-0.4, -0.2) is 18.2 Å². The van der Waals surface area contributed by atoms with Crippen LogP contribution in [0.15, 0.2) is 34.8 Å². The standard InChI is InChI=1S/C14H14BrNO3S/c1-19-11-5-9(15)4-10(6-11)16-8-13-3-2-12(20-13)7-14(17)18/h2-6,16H,7-8H2,1H3,(H,17,18). The summed E-state index contributed by atoms with van der Waals surface area (Å²) >= 11 is 4.94. The summed E-state index contributed by atoms with van der Waals surface area (Å²) in [5.41, 5.74) is 0.949. The molecule has 0 saturated carbocycles. The smallest absolute Gasteiger partial charge is 0.308 e. The maximum Gasteiger partial charge on any atom is 0.308 e. The third kappa shape index (κ3) is 4.25. The van der Waals surface area contributed by atoms with Crippen molar-refractivity contribution in [3.05, 3.63) is 44.6 Å². The molecule has 0 aliphatic rings. The molecule has 2 rings (SSSR count). The van der Waals surface area contributed by atoms with Gasteiger partial charge in [0.15, 0.2) is 0 Å². The van der Waals surface area contributed by atoms with E-state index in [0.29, 0.717) is 6.54 Å². The monoisotopic (exact) mass is 355 g/mol. The third-order valence-corrected chi connectivity index (χ3v) is 4.16. The van der Waals surface area contributed by atoms with Gasteiger partial charge >= 0.3 is 5.97 Å². The molecule has 106 valence electrons. The molecule has 1 aromatic carbocycles. The topological polar surface area (TPSA) is 58.6 Å². The number of carboxylic acid groups (broad SMARTS) is 1. The maximum absolute atomic E-state index is 10.6. The molecule has 0 atom stereocenters. The molecule has 1 aromatic heterocycles. The fourth-order valence-corrected chi connectivity index (χ4v) is 3.15. The number of nitrogens with one attached hydrogen (secondary N) is 1. The summed E-state index contributed by atoms with van der Waals surface area (Å²) in [4.78, 5) is 12.6. The van der Waals surface area contributed by atoms with Crippen LogP contribution in [0, 0.1) is 0 Å². The highest BCUT2D eigenvalue weighted by Crippen LogP contribution is 2.25. The Morgan fingerprint density at radius 1 is 1.35 bits per heavy atom. The normalized spacial score (nSPS) is 10.3. The van der Waals surface area contributed by atoms with Gasteiger partial charge in [-0.3, -0.25) is 4.79 Å². The molecule has 6 heteroatoms. The van der Waals surface area contributed by atoms with Crippen molar-refractivity contribution in [1.29, 1.82) is 0 Å². The Morgan fingerprint density at radius 3 is 2.80 bits per heavy atom. The Kier molecular flexibility index (Phi) is 5.03. The molecule has 0 spiro atoms. The average molecular weight is 356 g/mol. The Morgan fingerprint density at radius 2 is 2.10 bits per heavy atom. The SMILES string of the molecule is COc1cc(Br)cc(NCc2ccc(CC(=O)O)s2)c1. The van der Waals surface area contributed by atoms with Crippen LogP contribution in [0.5, 0.6) is 5.75 Å². The van der Waals surface area contributed by atoms with Gasteiger partial charge in [0.2, 0.25) is 0 Å². The molecular formula is C14H14BrNO3S. The van der Waals surface area contributed by atoms with Crippen molar-refractivity contribution < 1.29 is 14.6 Å². The van der Waals surface area contributed by atoms with Crippen molar-refractivity contribution in [3.8, 4) is 5.75 Å². The number of ether oxygens (including phenoxy) is 1. The number of hydrogen-bond donors (Lipinski definition) is 2. The van der Waals surface area contributed by atoms with Gasteiger partial charge in [-0.05, 0) is 24.3 Å². The lowest BCUT2D eigenvalue weighted by molar-refractivity contribution is -0.136. The van der Waals surface area contributed by atoms with Crippen LogP contribution in [0.2, 0.25) is 0 Å². The minimum absolute atomic E-state index is 0.0787. The third-order valence-electron chi connectivity index (χ3n) is 2.62. The molecule has 2 N–H and O–H groups in total. The van der Waals surface area contributed by atoms with Gasteiger partial charge in [0.05, 0.1) is 13.5 Å². The lowest BCUT2D eigenvalue weighted by atomic mass is 10.3. The number of carbonyl (C=O) groups is 1. The van der Waals surface area contributed by atoms with E-state index in [-0.39, 0.29) is 6.42 Å². The van der Waals surface area contributed by atoms with Crippen molar-refractivity contribution in [2.75, 3.05) is 12.4 Å². The van der Waals surface area contributed by atoms with Crippen molar-refractivity contribution in [3.63, 3.8) is 0 Å². The second-order valence-electron chi connectivity index (χ2n) is 4.17. The molecule has 4 nitrogen and oxygen atoms in total. The van der Waals surface area contributed by atoms with Gasteiger partial charge in [-0.1, -0.05) is 15.9 Å². The first-order valence-electron chi connectivity index (χ1n) is 5.94. The predicted octanol–water partition coefficient (Wildman–Crippen LogP) is 3.76. The molecule has 0 fully saturated rings. The number of anilines is 1. The zero-order valence-electron chi connectivity index (χ0n) is 10.9. The Hall–Kier alpha value is -1.53. The number of benzene rings is 1. The second-order valence-corrected chi connectivity index (χ2v) is 6.34. The maximum atomic E-state index is 10.6. The number of hydrogen-bond acceptors (Lipinski definition) is 4. The number of carboxylic acids is 1. The minimum atomic E-state index is -0.803. The van der Waals surface area contributed by atoms with E-state index in [1.165, 1.54) is 11.3 Å². The second kappa shape index (κ2) is 6.76. The van der Waals surface area contributed by atoms with Gasteiger partial charge in [0.1, 0.15) is 5.75 Å². The molecule has 2 aromatic rings. The Bertz CT molecular complexity index is 612. The van der Waals surface area contributed by atoms with Gasteiger partial charge in [-0.2, -0.15) is 0 Å². The van der Waals surface area contributed by atoms with E-state index in [0.717, 1.165) is 25.7 Å². The molecule has 0 aliphatic carbocycles. The van der Waals surface area contributed by atoms with Crippen LogP contribution in [0.3, 0.4) is 0 Å². The Balaban J connectivity index is 1.99. The molecule has 0 amide bonds. The number of halogens is 1. The summed E-state index contributed by atoms with van der Waals surface area (Å²) in [6.45, 7) is 0.657. The van der Waals surface area contributed by atoms with E-state index in [2.05, 4.69) is 21.2 Å². The first kappa shape index (κ1) is 14.9. The molecule has 0 saturated heterocycles. The van der Waals surface area contributed by atoms with Gasteiger partial charge in [0.25, 0.3) is 0 Å². The number of thiophene rings is 1. The highest BCUT2D eigenvalue weighted by atomic mass is 79.9. The number of aliphatic carboxylic acids is 1. The van der Waals surface area contributed by atoms with Gasteiger partial charge in [0, 0.05) is 32.5 Å². The summed E-state index contributed by atoms with van der Waals surface area (Å²) < 4.78 is 6.14. The lowest BCUT2D eigenvalue weighted by Gasteiger charge is -2.08. The van der Waals surface area contributed by atoms with Crippen LogP contribution >= 0.6 is 27.3 Å². The van der Waals surface area contributed by atoms with Crippen molar-refractivity contribution in [2.24, 2.45) is 0 Å². The molecule has 0 aliphatic heterocycles. The quantitative estimate of drug-likeness (QED) is 0.828. The molecular weight excluding hydrogens is 342 g/mol. The first-order valence-corrected chi connectivity index (χ1v) is 7.55.